The Bertz CT molecular complexity index is 795. The molecule has 0 saturated carbocycles. The third-order valence-corrected chi connectivity index (χ3v) is 4.87. The van der Waals surface area contributed by atoms with E-state index in [-0.39, 0.29) is 11.9 Å². The van der Waals surface area contributed by atoms with E-state index < -0.39 is 0 Å². The van der Waals surface area contributed by atoms with Crippen molar-refractivity contribution >= 4 is 48.9 Å². The van der Waals surface area contributed by atoms with E-state index in [1.54, 1.807) is 12.3 Å². The predicted molar refractivity (Wildman–Crippen MR) is 88.5 cm³/mol. The zero-order valence-corrected chi connectivity index (χ0v) is 13.6. The quantitative estimate of drug-likeness (QED) is 0.726. The van der Waals surface area contributed by atoms with Crippen LogP contribution in [0, 0.1) is 0 Å². The molecule has 0 spiro atoms. The topological polar surface area (TPSA) is 68.3 Å². The molecule has 3 aromatic rings. The molecule has 0 saturated heterocycles. The maximum atomic E-state index is 12.4. The molecule has 0 radical (unpaired) electrons. The van der Waals surface area contributed by atoms with Crippen LogP contribution in [0.25, 0.3) is 10.1 Å². The van der Waals surface area contributed by atoms with Gasteiger partial charge in [0.25, 0.3) is 5.91 Å². The largest absolute Gasteiger partial charge is 0.467 e. The third-order valence-electron chi connectivity index (χ3n) is 3.21. The number of furan rings is 1. The van der Waals surface area contributed by atoms with Gasteiger partial charge in [0.1, 0.15) is 10.6 Å². The molecule has 1 unspecified atom stereocenters. The highest BCUT2D eigenvalue weighted by atomic mass is 79.9. The van der Waals surface area contributed by atoms with E-state index in [1.807, 2.05) is 31.2 Å². The van der Waals surface area contributed by atoms with Crippen molar-refractivity contribution in [2.45, 2.75) is 13.0 Å². The highest BCUT2D eigenvalue weighted by molar-refractivity contribution is 9.10. The first-order chi connectivity index (χ1) is 10.1. The average Bonchev–Trinajstić information content (AvgIpc) is 3.07. The van der Waals surface area contributed by atoms with Crippen molar-refractivity contribution in [3.63, 3.8) is 0 Å². The Hall–Kier alpha value is -1.79. The van der Waals surface area contributed by atoms with Gasteiger partial charge in [-0.15, -0.1) is 11.3 Å². The minimum atomic E-state index is -0.205. The van der Waals surface area contributed by atoms with Gasteiger partial charge < -0.3 is 15.5 Å². The number of halogens is 1. The molecule has 4 nitrogen and oxygen atoms in total. The lowest BCUT2D eigenvalue weighted by Crippen LogP contribution is -2.26. The summed E-state index contributed by atoms with van der Waals surface area (Å²) in [6.45, 7) is 1.87. The Morgan fingerprint density at radius 1 is 1.43 bits per heavy atom. The summed E-state index contributed by atoms with van der Waals surface area (Å²) >= 11 is 4.81. The number of thiophene rings is 1. The number of fused-ring (bicyclic) bond motifs is 1. The molecule has 2 aromatic heterocycles. The van der Waals surface area contributed by atoms with E-state index in [2.05, 4.69) is 21.2 Å². The van der Waals surface area contributed by atoms with Gasteiger partial charge in [-0.05, 0) is 31.2 Å². The summed E-state index contributed by atoms with van der Waals surface area (Å²) in [5.41, 5.74) is 6.62. The second kappa shape index (κ2) is 5.54. The van der Waals surface area contributed by atoms with Crippen molar-refractivity contribution in [2.24, 2.45) is 0 Å². The van der Waals surface area contributed by atoms with Gasteiger partial charge in [0, 0.05) is 14.6 Å². The molecule has 1 amide bonds. The number of benzene rings is 1. The van der Waals surface area contributed by atoms with Crippen molar-refractivity contribution in [2.75, 3.05) is 5.73 Å². The summed E-state index contributed by atoms with van der Waals surface area (Å²) in [5, 5.41) is 3.80. The molecule has 3 rings (SSSR count). The van der Waals surface area contributed by atoms with Crippen molar-refractivity contribution in [3.05, 3.63) is 51.7 Å². The molecule has 2 heterocycles. The normalized spacial score (nSPS) is 12.5. The second-order valence-electron chi connectivity index (χ2n) is 4.70. The fraction of sp³-hybridized carbons (Fsp3) is 0.133. The summed E-state index contributed by atoms with van der Waals surface area (Å²) in [6.07, 6.45) is 1.59. The molecular formula is C15H13BrN2O2S. The molecule has 0 fully saturated rings. The third kappa shape index (κ3) is 2.69. The van der Waals surface area contributed by atoms with E-state index in [0.717, 1.165) is 14.6 Å². The van der Waals surface area contributed by atoms with E-state index in [0.29, 0.717) is 16.3 Å². The van der Waals surface area contributed by atoms with Gasteiger partial charge in [0.2, 0.25) is 0 Å². The maximum absolute atomic E-state index is 12.4. The Morgan fingerprint density at radius 3 is 2.95 bits per heavy atom. The van der Waals surface area contributed by atoms with Crippen molar-refractivity contribution < 1.29 is 9.21 Å². The summed E-state index contributed by atoms with van der Waals surface area (Å²) in [4.78, 5) is 12.9. The van der Waals surface area contributed by atoms with Crippen LogP contribution in [0.5, 0.6) is 0 Å². The SMILES string of the molecule is CC(NC(=O)c1sc2cc(Br)ccc2c1N)c1ccco1. The predicted octanol–water partition coefficient (Wildman–Crippen LogP) is 4.33. The summed E-state index contributed by atoms with van der Waals surface area (Å²) in [5.74, 6) is 0.527. The van der Waals surface area contributed by atoms with Crippen molar-refractivity contribution in [1.82, 2.24) is 5.32 Å². The van der Waals surface area contributed by atoms with E-state index in [1.165, 1.54) is 11.3 Å². The monoisotopic (exact) mass is 364 g/mol. The fourth-order valence-electron chi connectivity index (χ4n) is 2.13. The van der Waals surface area contributed by atoms with Gasteiger partial charge in [-0.1, -0.05) is 22.0 Å². The lowest BCUT2D eigenvalue weighted by Gasteiger charge is -2.10. The first-order valence-electron chi connectivity index (χ1n) is 6.38. The van der Waals surface area contributed by atoms with Gasteiger partial charge >= 0.3 is 0 Å². The molecule has 1 atom stereocenters. The molecule has 3 N–H and O–H groups in total. The number of nitrogens with one attached hydrogen (secondary N) is 1. The first-order valence-corrected chi connectivity index (χ1v) is 7.99. The molecule has 0 aliphatic heterocycles. The van der Waals surface area contributed by atoms with Gasteiger partial charge in [-0.3, -0.25) is 4.79 Å². The fourth-order valence-corrected chi connectivity index (χ4v) is 3.71. The smallest absolute Gasteiger partial charge is 0.264 e. The number of carbonyl (C=O) groups is 1. The Morgan fingerprint density at radius 2 is 2.24 bits per heavy atom. The van der Waals surface area contributed by atoms with Gasteiger partial charge in [-0.25, -0.2) is 0 Å². The molecule has 1 aromatic carbocycles. The summed E-state index contributed by atoms with van der Waals surface area (Å²) < 4.78 is 7.24. The van der Waals surface area contributed by atoms with Gasteiger partial charge in [0.05, 0.1) is 18.0 Å². The van der Waals surface area contributed by atoms with Crippen LogP contribution in [0.15, 0.2) is 45.5 Å². The Labute approximate surface area is 134 Å². The molecular weight excluding hydrogens is 352 g/mol. The minimum absolute atomic E-state index is 0.186. The molecule has 108 valence electrons. The van der Waals surface area contributed by atoms with Crippen LogP contribution < -0.4 is 11.1 Å². The van der Waals surface area contributed by atoms with E-state index in [4.69, 9.17) is 10.2 Å². The molecule has 0 aliphatic rings. The Balaban J connectivity index is 1.89. The summed E-state index contributed by atoms with van der Waals surface area (Å²) in [7, 11) is 0. The van der Waals surface area contributed by atoms with Crippen LogP contribution in [0.1, 0.15) is 28.4 Å². The zero-order chi connectivity index (χ0) is 15.0. The van der Waals surface area contributed by atoms with Crippen LogP contribution >= 0.6 is 27.3 Å². The summed E-state index contributed by atoms with van der Waals surface area (Å²) in [6, 6.07) is 9.21. The second-order valence-corrected chi connectivity index (χ2v) is 6.66. The number of anilines is 1. The van der Waals surface area contributed by atoms with E-state index in [9.17, 15) is 4.79 Å². The highest BCUT2D eigenvalue weighted by Crippen LogP contribution is 2.35. The lowest BCUT2D eigenvalue weighted by molar-refractivity contribution is 0.0940. The van der Waals surface area contributed by atoms with Gasteiger partial charge in [-0.2, -0.15) is 0 Å². The maximum Gasteiger partial charge on any atom is 0.264 e. The van der Waals surface area contributed by atoms with Crippen LogP contribution in [0.2, 0.25) is 0 Å². The van der Waals surface area contributed by atoms with Crippen molar-refractivity contribution in [1.29, 1.82) is 0 Å². The number of hydrogen-bond donors (Lipinski definition) is 2. The molecule has 0 aliphatic carbocycles. The number of nitrogens with two attached hydrogens (primary N) is 1. The number of amides is 1. The standard InChI is InChI=1S/C15H13BrN2O2S/c1-8(11-3-2-6-20-11)18-15(19)14-13(17)10-5-4-9(16)7-12(10)21-14/h2-8H,17H2,1H3,(H,18,19). The van der Waals surface area contributed by atoms with Crippen LogP contribution in [0.3, 0.4) is 0 Å². The number of nitrogen functional groups attached to an aromatic ring is 1. The zero-order valence-electron chi connectivity index (χ0n) is 11.2. The number of rotatable bonds is 3. The van der Waals surface area contributed by atoms with Crippen LogP contribution in [-0.2, 0) is 0 Å². The molecule has 0 bridgehead atoms. The lowest BCUT2D eigenvalue weighted by atomic mass is 10.2. The van der Waals surface area contributed by atoms with E-state index >= 15 is 0 Å². The minimum Gasteiger partial charge on any atom is -0.467 e. The average molecular weight is 365 g/mol. The number of hydrogen-bond acceptors (Lipinski definition) is 4. The molecule has 6 heteroatoms. The highest BCUT2D eigenvalue weighted by Gasteiger charge is 2.19. The first kappa shape index (κ1) is 14.2. The van der Waals surface area contributed by atoms with Crippen LogP contribution in [0.4, 0.5) is 5.69 Å². The van der Waals surface area contributed by atoms with Crippen LogP contribution in [-0.4, -0.2) is 5.91 Å². The van der Waals surface area contributed by atoms with Crippen molar-refractivity contribution in [3.8, 4) is 0 Å². The van der Waals surface area contributed by atoms with Gasteiger partial charge in [0.15, 0.2) is 0 Å². The molecule has 21 heavy (non-hydrogen) atoms. The number of carbonyl (C=O) groups excluding carboxylic acids is 1. The Kier molecular flexibility index (Phi) is 3.73.